The van der Waals surface area contributed by atoms with Gasteiger partial charge in [-0.3, -0.25) is 0 Å². The predicted molar refractivity (Wildman–Crippen MR) is 97.5 cm³/mol. The Morgan fingerprint density at radius 3 is 2.20 bits per heavy atom. The molecule has 0 N–H and O–H groups in total. The molecule has 25 heavy (non-hydrogen) atoms. The first-order valence-corrected chi connectivity index (χ1v) is 9.70. The van der Waals surface area contributed by atoms with Gasteiger partial charge in [-0.15, -0.1) is 0 Å². The number of ketones is 1. The lowest BCUT2D eigenvalue weighted by Gasteiger charge is -2.27. The summed E-state index contributed by atoms with van der Waals surface area (Å²) in [4.78, 5) is 11.5. The highest BCUT2D eigenvalue weighted by Crippen LogP contribution is 2.37. The normalized spacial score (nSPS) is 13.6. The maximum atomic E-state index is 13.2. The molecular weight excluding hydrogens is 334 g/mol. The van der Waals surface area contributed by atoms with Crippen molar-refractivity contribution in [2.45, 2.75) is 37.2 Å². The first-order valence-electron chi connectivity index (χ1n) is 8.05. The third kappa shape index (κ3) is 4.15. The molecule has 0 heterocycles. The van der Waals surface area contributed by atoms with E-state index in [-0.39, 0.29) is 24.4 Å². The topological polar surface area (TPSA) is 75.0 Å². The van der Waals surface area contributed by atoms with Crippen LogP contribution in [0.2, 0.25) is 0 Å². The number of benzene rings is 2. The molecule has 0 radical (unpaired) electrons. The van der Waals surface area contributed by atoms with Crippen molar-refractivity contribution < 1.29 is 13.2 Å². The lowest BCUT2D eigenvalue weighted by Crippen LogP contribution is -2.36. The molecule has 0 saturated carbocycles. The van der Waals surface area contributed by atoms with Crippen LogP contribution in [0.3, 0.4) is 0 Å². The summed E-state index contributed by atoms with van der Waals surface area (Å²) in [6, 6.07) is 17.7. The molecule has 0 aliphatic rings. The number of carbonyl (C=O) groups is 1. The molecule has 2 rings (SSSR count). The summed E-state index contributed by atoms with van der Waals surface area (Å²) in [6.45, 7) is 3.33. The summed E-state index contributed by atoms with van der Waals surface area (Å²) in [6.07, 6.45) is -0.00732. The van der Waals surface area contributed by atoms with Crippen LogP contribution >= 0.6 is 0 Å². The van der Waals surface area contributed by atoms with Gasteiger partial charge in [0.2, 0.25) is 0 Å². The van der Waals surface area contributed by atoms with Gasteiger partial charge in [0, 0.05) is 6.42 Å². The minimum absolute atomic E-state index is 0.0373. The lowest BCUT2D eigenvalue weighted by molar-refractivity contribution is -0.117. The molecule has 0 bridgehead atoms. The van der Waals surface area contributed by atoms with E-state index in [0.717, 1.165) is 5.56 Å². The molecule has 0 saturated heterocycles. The van der Waals surface area contributed by atoms with Gasteiger partial charge in [0.1, 0.15) is 5.78 Å². The highest BCUT2D eigenvalue weighted by molar-refractivity contribution is 7.91. The zero-order valence-electron chi connectivity index (χ0n) is 14.4. The van der Waals surface area contributed by atoms with E-state index < -0.39 is 14.6 Å². The van der Waals surface area contributed by atoms with Crippen LogP contribution in [0, 0.1) is 18.3 Å². The minimum atomic E-state index is -3.86. The number of nitriles is 1. The van der Waals surface area contributed by atoms with Crippen LogP contribution in [-0.4, -0.2) is 14.2 Å². The third-order valence-electron chi connectivity index (χ3n) is 4.26. The van der Waals surface area contributed by atoms with Crippen LogP contribution in [0.15, 0.2) is 54.6 Å². The highest BCUT2D eigenvalue weighted by Gasteiger charge is 2.45. The average molecular weight is 355 g/mol. The quantitative estimate of drug-likeness (QED) is 0.759. The molecule has 2 aromatic carbocycles. The first-order chi connectivity index (χ1) is 11.8. The largest absolute Gasteiger partial charge is 0.300 e. The summed E-state index contributed by atoms with van der Waals surface area (Å²) >= 11 is 0. The van der Waals surface area contributed by atoms with Gasteiger partial charge in [-0.2, -0.15) is 5.26 Å². The summed E-state index contributed by atoms with van der Waals surface area (Å²) in [5, 5.41) is 9.86. The standard InChI is InChI=1S/C20H21NO3S/c1-16-8-10-18(11-9-16)14-25(23,24)20(15-21,13-12-17(2)22)19-6-4-3-5-7-19/h3-11H,12-14H2,1-2H3/t20-/m0/s1. The van der Waals surface area contributed by atoms with Gasteiger partial charge in [0.25, 0.3) is 0 Å². The number of nitrogens with zero attached hydrogens (tertiary/aromatic N) is 1. The van der Waals surface area contributed by atoms with Gasteiger partial charge >= 0.3 is 0 Å². The third-order valence-corrected chi connectivity index (χ3v) is 6.56. The Labute approximate surface area is 149 Å². The molecule has 0 aliphatic heterocycles. The Morgan fingerprint density at radius 1 is 1.08 bits per heavy atom. The second kappa shape index (κ2) is 7.62. The van der Waals surface area contributed by atoms with E-state index in [4.69, 9.17) is 0 Å². The number of carbonyl (C=O) groups excluding carboxylic acids is 1. The Morgan fingerprint density at radius 2 is 1.68 bits per heavy atom. The van der Waals surface area contributed by atoms with Gasteiger partial charge in [-0.05, 0) is 31.4 Å². The Balaban J connectivity index is 2.51. The van der Waals surface area contributed by atoms with Crippen LogP contribution in [0.1, 0.15) is 36.5 Å². The Bertz CT molecular complexity index is 881. The van der Waals surface area contributed by atoms with Crippen LogP contribution in [-0.2, 0) is 25.1 Å². The molecule has 0 aliphatic carbocycles. The van der Waals surface area contributed by atoms with Crippen LogP contribution < -0.4 is 0 Å². The number of hydrogen-bond donors (Lipinski definition) is 0. The summed E-state index contributed by atoms with van der Waals surface area (Å²) in [5.74, 6) is -0.380. The first kappa shape index (κ1) is 18.9. The van der Waals surface area contributed by atoms with E-state index in [1.807, 2.05) is 25.1 Å². The fourth-order valence-corrected chi connectivity index (χ4v) is 4.68. The SMILES string of the molecule is CC(=O)CC[C@](C#N)(c1ccccc1)S(=O)(=O)Cc1ccc(C)cc1. The fourth-order valence-electron chi connectivity index (χ4n) is 2.76. The van der Waals surface area contributed by atoms with Gasteiger partial charge in [0.15, 0.2) is 14.6 Å². The fraction of sp³-hybridized carbons (Fsp3) is 0.300. The summed E-state index contributed by atoms with van der Waals surface area (Å²) in [7, 11) is -3.86. The van der Waals surface area contributed by atoms with Crippen LogP contribution in [0.25, 0.3) is 0 Å². The summed E-state index contributed by atoms with van der Waals surface area (Å²) < 4.78 is 24.7. The highest BCUT2D eigenvalue weighted by atomic mass is 32.2. The number of hydrogen-bond acceptors (Lipinski definition) is 4. The molecular formula is C20H21NO3S. The molecule has 4 nitrogen and oxygen atoms in total. The molecule has 0 fully saturated rings. The van der Waals surface area contributed by atoms with Crippen molar-refractivity contribution >= 4 is 15.6 Å². The van der Waals surface area contributed by atoms with Crippen molar-refractivity contribution in [2.24, 2.45) is 0 Å². The van der Waals surface area contributed by atoms with Crippen molar-refractivity contribution in [2.75, 3.05) is 0 Å². The van der Waals surface area contributed by atoms with Crippen LogP contribution in [0.4, 0.5) is 0 Å². The van der Waals surface area contributed by atoms with Crippen molar-refractivity contribution in [1.82, 2.24) is 0 Å². The van der Waals surface area contributed by atoms with E-state index in [9.17, 15) is 18.5 Å². The van der Waals surface area contributed by atoms with Gasteiger partial charge < -0.3 is 4.79 Å². The van der Waals surface area contributed by atoms with E-state index in [2.05, 4.69) is 0 Å². The minimum Gasteiger partial charge on any atom is -0.300 e. The molecule has 0 spiro atoms. The van der Waals surface area contributed by atoms with E-state index in [1.54, 1.807) is 42.5 Å². The van der Waals surface area contributed by atoms with E-state index in [1.165, 1.54) is 6.92 Å². The molecule has 2 aromatic rings. The second-order valence-corrected chi connectivity index (χ2v) is 8.47. The maximum Gasteiger partial charge on any atom is 0.184 e. The zero-order valence-corrected chi connectivity index (χ0v) is 15.2. The van der Waals surface area contributed by atoms with Crippen molar-refractivity contribution in [3.05, 3.63) is 71.3 Å². The number of rotatable bonds is 7. The molecule has 1 atom stereocenters. The van der Waals surface area contributed by atoms with Crippen LogP contribution in [0.5, 0.6) is 0 Å². The molecule has 0 amide bonds. The number of Topliss-reactive ketones (excluding diaryl/α,β-unsaturated/α-hetero) is 1. The second-order valence-electron chi connectivity index (χ2n) is 6.25. The Kier molecular flexibility index (Phi) is 5.76. The van der Waals surface area contributed by atoms with Gasteiger partial charge in [-0.25, -0.2) is 8.42 Å². The molecule has 0 unspecified atom stereocenters. The van der Waals surface area contributed by atoms with Crippen molar-refractivity contribution in [3.8, 4) is 6.07 Å². The van der Waals surface area contributed by atoms with E-state index in [0.29, 0.717) is 11.1 Å². The monoisotopic (exact) mass is 355 g/mol. The van der Waals surface area contributed by atoms with Gasteiger partial charge in [-0.1, -0.05) is 60.2 Å². The maximum absolute atomic E-state index is 13.2. The smallest absolute Gasteiger partial charge is 0.184 e. The molecule has 130 valence electrons. The van der Waals surface area contributed by atoms with Crippen molar-refractivity contribution in [3.63, 3.8) is 0 Å². The zero-order chi connectivity index (χ0) is 18.5. The number of aryl methyl sites for hydroxylation is 1. The van der Waals surface area contributed by atoms with Crippen molar-refractivity contribution in [1.29, 1.82) is 5.26 Å². The number of sulfone groups is 1. The lowest BCUT2D eigenvalue weighted by atomic mass is 9.93. The summed E-state index contributed by atoms with van der Waals surface area (Å²) in [5.41, 5.74) is 2.07. The molecule has 5 heteroatoms. The average Bonchev–Trinajstić information content (AvgIpc) is 2.58. The molecule has 0 aromatic heterocycles. The predicted octanol–water partition coefficient (Wildman–Crippen LogP) is 3.70. The van der Waals surface area contributed by atoms with E-state index >= 15 is 0 Å². The Hall–Kier alpha value is -2.45. The van der Waals surface area contributed by atoms with Gasteiger partial charge in [0.05, 0.1) is 11.8 Å².